The van der Waals surface area contributed by atoms with Crippen LogP contribution in [0, 0.1) is 5.82 Å². The molecule has 2 aliphatic heterocycles. The van der Waals surface area contributed by atoms with Crippen LogP contribution >= 0.6 is 21.2 Å². The molecule has 3 N–H and O–H groups in total. The summed E-state index contributed by atoms with van der Waals surface area (Å²) in [5.74, 6) is -0.813. The van der Waals surface area contributed by atoms with Crippen LogP contribution in [-0.2, 0) is 23.1 Å². The number of anilines is 2. The molecule has 3 aromatic carbocycles. The van der Waals surface area contributed by atoms with Crippen LogP contribution in [0.15, 0.2) is 53.4 Å². The van der Waals surface area contributed by atoms with Gasteiger partial charge in [-0.05, 0) is 66.4 Å². The number of nitrogens with zero attached hydrogens (tertiary/aromatic N) is 1. The molecule has 45 heavy (non-hydrogen) atoms. The summed E-state index contributed by atoms with van der Waals surface area (Å²) in [7, 11) is 0.406. The van der Waals surface area contributed by atoms with Crippen molar-refractivity contribution in [3.05, 3.63) is 76.6 Å². The average Bonchev–Trinajstić information content (AvgIpc) is 3.67. The maximum atomic E-state index is 14.6. The minimum Gasteiger partial charge on any atom is -0.493 e. The molecule has 0 aromatic heterocycles. The first kappa shape index (κ1) is 32.3. The zero-order valence-electron chi connectivity index (χ0n) is 24.5. The van der Waals surface area contributed by atoms with Crippen molar-refractivity contribution < 1.29 is 41.4 Å². The quantitative estimate of drug-likeness (QED) is 0.205. The molecular formula is C30H30FIN4O8S. The lowest BCUT2D eigenvalue weighted by Crippen LogP contribution is -2.38. The van der Waals surface area contributed by atoms with Gasteiger partial charge in [0, 0.05) is 30.0 Å². The van der Waals surface area contributed by atoms with Crippen LogP contribution < -0.4 is 25.4 Å². The number of hydrogen-bond acceptors (Lipinski definition) is 9. The highest BCUT2D eigenvalue weighted by Gasteiger charge is 2.38. The van der Waals surface area contributed by atoms with Crippen LogP contribution in [0.5, 0.6) is 11.5 Å². The number of nitrogens with one attached hydrogen (secondary N) is 3. The molecule has 2 atom stereocenters. The number of ether oxygens (including phenoxy) is 3. The maximum Gasteiger partial charge on any atom is 0.411 e. The molecule has 0 saturated carbocycles. The van der Waals surface area contributed by atoms with Gasteiger partial charge in [0.1, 0.15) is 11.9 Å². The van der Waals surface area contributed by atoms with Crippen molar-refractivity contribution in [2.45, 2.75) is 36.4 Å². The number of rotatable bonds is 9. The smallest absolute Gasteiger partial charge is 0.411 e. The fraction of sp³-hybridized carbons (Fsp3) is 0.300. The van der Waals surface area contributed by atoms with Gasteiger partial charge in [-0.25, -0.2) is 17.6 Å². The van der Waals surface area contributed by atoms with Gasteiger partial charge >= 0.3 is 6.09 Å². The van der Waals surface area contributed by atoms with Crippen LogP contribution in [0.4, 0.5) is 20.6 Å². The summed E-state index contributed by atoms with van der Waals surface area (Å²) in [5.41, 5.74) is 1.80. The van der Waals surface area contributed by atoms with Gasteiger partial charge in [-0.3, -0.25) is 14.9 Å². The lowest BCUT2D eigenvalue weighted by Gasteiger charge is -2.31. The third-order valence-corrected chi connectivity index (χ3v) is 10.1. The van der Waals surface area contributed by atoms with Crippen LogP contribution in [-0.4, -0.2) is 59.1 Å². The molecule has 0 bridgehead atoms. The normalized spacial score (nSPS) is 16.4. The second kappa shape index (κ2) is 13.1. The first-order valence-corrected chi connectivity index (χ1v) is 17.8. The minimum absolute atomic E-state index is 0.0137. The van der Waals surface area contributed by atoms with E-state index in [0.29, 0.717) is 59.0 Å². The number of hydrogen-bond donors (Lipinski definition) is 3. The van der Waals surface area contributed by atoms with Gasteiger partial charge in [-0.2, -0.15) is 0 Å². The van der Waals surface area contributed by atoms with E-state index in [1.165, 1.54) is 66.8 Å². The molecular weight excluding hydrogens is 722 g/mol. The average molecular weight is 753 g/mol. The summed E-state index contributed by atoms with van der Waals surface area (Å²) in [4.78, 5) is 40.4. The van der Waals surface area contributed by atoms with Gasteiger partial charge in [0.25, 0.3) is 5.91 Å². The number of carbonyl (C=O) groups is 3. The summed E-state index contributed by atoms with van der Waals surface area (Å²) in [6.07, 6.45) is 0.299. The Morgan fingerprint density at radius 3 is 2.51 bits per heavy atom. The van der Waals surface area contributed by atoms with Crippen molar-refractivity contribution in [2.24, 2.45) is 0 Å². The number of likely N-dealkylation sites (tertiary alicyclic amines) is 1. The van der Waals surface area contributed by atoms with Crippen molar-refractivity contribution in [1.29, 1.82) is 0 Å². The SMILES string of the molecule is COC(=O)Nc1ccc(S(=O)(=O)I)c([C@H]2CCCN2C(=O)C(Nc2ccc(F)c3c2CNC3=O)c2ccc(OC)c(OC)c2)c1. The van der Waals surface area contributed by atoms with E-state index < -0.39 is 42.8 Å². The predicted molar refractivity (Wildman–Crippen MR) is 171 cm³/mol. The van der Waals surface area contributed by atoms with Gasteiger partial charge in [-0.1, -0.05) is 6.07 Å². The second-order valence-electron chi connectivity index (χ2n) is 10.3. The number of methoxy groups -OCH3 is 3. The standard InChI is InChI=1S/C30H30FIN4O8S/c1-42-23-10-6-16(13-24(23)43-2)27(35-21-9-8-20(31)26-19(21)15-33-28(26)37)29(38)36-12-4-5-22(36)18-14-17(34-30(39)44-3)7-11-25(18)45(32,40)41/h6-11,13-14,22,27,35H,4-5,12,15H2,1-3H3,(H,33,37)(H,34,39)/t22-,27?/m1/s1. The van der Waals surface area contributed by atoms with E-state index in [9.17, 15) is 27.2 Å². The fourth-order valence-electron chi connectivity index (χ4n) is 5.71. The molecule has 12 nitrogen and oxygen atoms in total. The van der Waals surface area contributed by atoms with E-state index in [2.05, 4.69) is 20.7 Å². The van der Waals surface area contributed by atoms with Gasteiger partial charge in [0.2, 0.25) is 12.9 Å². The van der Waals surface area contributed by atoms with Crippen molar-refractivity contribution >= 4 is 57.5 Å². The fourth-order valence-corrected chi connectivity index (χ4v) is 7.62. The summed E-state index contributed by atoms with van der Waals surface area (Å²) in [6, 6.07) is 10.3. The molecule has 2 aliphatic rings. The highest BCUT2D eigenvalue weighted by Crippen LogP contribution is 2.41. The molecule has 0 radical (unpaired) electrons. The van der Waals surface area contributed by atoms with Crippen LogP contribution in [0.1, 0.15) is 52.0 Å². The second-order valence-corrected chi connectivity index (χ2v) is 15.1. The van der Waals surface area contributed by atoms with Gasteiger partial charge in [0.15, 0.2) is 11.5 Å². The molecule has 1 unspecified atom stereocenters. The first-order valence-electron chi connectivity index (χ1n) is 13.8. The number of amides is 3. The van der Waals surface area contributed by atoms with E-state index in [1.807, 2.05) is 0 Å². The van der Waals surface area contributed by atoms with E-state index in [1.54, 1.807) is 23.1 Å². The lowest BCUT2D eigenvalue weighted by molar-refractivity contribution is -0.133. The van der Waals surface area contributed by atoms with E-state index in [0.717, 1.165) is 6.07 Å². The van der Waals surface area contributed by atoms with Gasteiger partial charge in [0.05, 0.1) is 59.0 Å². The number of benzene rings is 3. The van der Waals surface area contributed by atoms with E-state index >= 15 is 0 Å². The predicted octanol–water partition coefficient (Wildman–Crippen LogP) is 4.91. The van der Waals surface area contributed by atoms with Gasteiger partial charge in [-0.15, -0.1) is 0 Å². The first-order chi connectivity index (χ1) is 21.5. The molecule has 0 aliphatic carbocycles. The molecule has 1 saturated heterocycles. The Bertz CT molecular complexity index is 1790. The Hall–Kier alpha value is -4.12. The molecule has 2 heterocycles. The van der Waals surface area contributed by atoms with Crippen LogP contribution in [0.3, 0.4) is 0 Å². The van der Waals surface area contributed by atoms with Crippen LogP contribution in [0.25, 0.3) is 0 Å². The van der Waals surface area contributed by atoms with E-state index in [4.69, 9.17) is 9.47 Å². The lowest BCUT2D eigenvalue weighted by atomic mass is 9.99. The maximum absolute atomic E-state index is 14.6. The van der Waals surface area contributed by atoms with Crippen molar-refractivity contribution in [3.63, 3.8) is 0 Å². The Morgan fingerprint density at radius 1 is 1.07 bits per heavy atom. The number of halogens is 2. The van der Waals surface area contributed by atoms with Crippen LogP contribution in [0.2, 0.25) is 0 Å². The highest BCUT2D eigenvalue weighted by molar-refractivity contribution is 14.2. The molecule has 3 aromatic rings. The Morgan fingerprint density at radius 2 is 1.82 bits per heavy atom. The Balaban J connectivity index is 1.60. The third-order valence-electron chi connectivity index (χ3n) is 7.80. The summed E-state index contributed by atoms with van der Waals surface area (Å²) in [5, 5.41) is 8.40. The Kier molecular flexibility index (Phi) is 9.38. The topological polar surface area (TPSA) is 152 Å². The summed E-state index contributed by atoms with van der Waals surface area (Å²) < 4.78 is 55.8. The molecule has 238 valence electrons. The van der Waals surface area contributed by atoms with Crippen molar-refractivity contribution in [2.75, 3.05) is 38.5 Å². The largest absolute Gasteiger partial charge is 0.493 e. The molecule has 3 amide bonds. The molecule has 0 spiro atoms. The monoisotopic (exact) mass is 752 g/mol. The summed E-state index contributed by atoms with van der Waals surface area (Å²) >= 11 is 1.35. The molecule has 15 heteroatoms. The van der Waals surface area contributed by atoms with E-state index in [-0.39, 0.29) is 17.0 Å². The number of carbonyl (C=O) groups excluding carboxylic acids is 3. The zero-order valence-corrected chi connectivity index (χ0v) is 27.5. The number of fused-ring (bicyclic) bond motifs is 1. The summed E-state index contributed by atoms with van der Waals surface area (Å²) in [6.45, 7) is 0.385. The van der Waals surface area contributed by atoms with Crippen molar-refractivity contribution in [1.82, 2.24) is 10.2 Å². The Labute approximate surface area is 271 Å². The van der Waals surface area contributed by atoms with Crippen molar-refractivity contribution in [3.8, 4) is 11.5 Å². The minimum atomic E-state index is -3.76. The third kappa shape index (κ3) is 6.49. The zero-order chi connectivity index (χ0) is 32.5. The molecule has 5 rings (SSSR count). The van der Waals surface area contributed by atoms with Gasteiger partial charge < -0.3 is 29.7 Å². The molecule has 1 fully saturated rings. The highest BCUT2D eigenvalue weighted by atomic mass is 127.